The van der Waals surface area contributed by atoms with Crippen LogP contribution in [0.15, 0.2) is 24.3 Å². The van der Waals surface area contributed by atoms with Crippen LogP contribution in [0.2, 0.25) is 5.02 Å². The van der Waals surface area contributed by atoms with Crippen molar-refractivity contribution < 1.29 is 19.2 Å². The van der Waals surface area contributed by atoms with Gasteiger partial charge in [-0.1, -0.05) is 23.7 Å². The SMILES string of the molecule is CC(c1ccc(Cl)cc1)N(C)C(=O)CS(=O)CC(O)CO. The van der Waals surface area contributed by atoms with Crippen molar-refractivity contribution >= 4 is 28.3 Å². The number of rotatable bonds is 7. The monoisotopic (exact) mass is 333 g/mol. The lowest BCUT2D eigenvalue weighted by molar-refractivity contribution is -0.129. The molecule has 1 rings (SSSR count). The quantitative estimate of drug-likeness (QED) is 0.779. The molecule has 0 spiro atoms. The van der Waals surface area contributed by atoms with Gasteiger partial charge in [-0.25, -0.2) is 0 Å². The van der Waals surface area contributed by atoms with Crippen molar-refractivity contribution in [2.45, 2.75) is 19.1 Å². The zero-order chi connectivity index (χ0) is 16.0. The Morgan fingerprint density at radius 3 is 2.48 bits per heavy atom. The summed E-state index contributed by atoms with van der Waals surface area (Å²) in [6.07, 6.45) is -1.06. The maximum atomic E-state index is 12.1. The van der Waals surface area contributed by atoms with E-state index in [1.54, 1.807) is 19.2 Å². The molecule has 0 aliphatic heterocycles. The molecule has 0 aliphatic carbocycles. The van der Waals surface area contributed by atoms with E-state index in [4.69, 9.17) is 16.7 Å². The third-order valence-corrected chi connectivity index (χ3v) is 4.78. The van der Waals surface area contributed by atoms with Crippen molar-refractivity contribution in [2.24, 2.45) is 0 Å². The highest BCUT2D eigenvalue weighted by Crippen LogP contribution is 2.20. The van der Waals surface area contributed by atoms with Crippen LogP contribution in [0, 0.1) is 0 Å². The summed E-state index contributed by atoms with van der Waals surface area (Å²) in [5, 5.41) is 18.5. The first kappa shape index (κ1) is 18.1. The molecule has 0 saturated heterocycles. The molecule has 1 amide bonds. The van der Waals surface area contributed by atoms with Gasteiger partial charge >= 0.3 is 0 Å². The first-order valence-corrected chi connectivity index (χ1v) is 8.36. The van der Waals surface area contributed by atoms with Crippen LogP contribution in [0.1, 0.15) is 18.5 Å². The fourth-order valence-corrected chi connectivity index (χ4v) is 3.00. The fourth-order valence-electron chi connectivity index (χ4n) is 1.75. The molecule has 1 aromatic rings. The van der Waals surface area contributed by atoms with Crippen molar-refractivity contribution in [1.82, 2.24) is 4.90 Å². The summed E-state index contributed by atoms with van der Waals surface area (Å²) < 4.78 is 11.7. The van der Waals surface area contributed by atoms with Gasteiger partial charge in [0.2, 0.25) is 5.91 Å². The van der Waals surface area contributed by atoms with Crippen LogP contribution < -0.4 is 0 Å². The number of amides is 1. The zero-order valence-corrected chi connectivity index (χ0v) is 13.6. The van der Waals surface area contributed by atoms with E-state index in [9.17, 15) is 14.1 Å². The van der Waals surface area contributed by atoms with Crippen LogP contribution in [-0.2, 0) is 15.6 Å². The molecular formula is C14H20ClNO4S. The number of carbonyl (C=O) groups is 1. The van der Waals surface area contributed by atoms with Crippen molar-refractivity contribution in [3.05, 3.63) is 34.9 Å². The van der Waals surface area contributed by atoms with Gasteiger partial charge in [0.1, 0.15) is 5.75 Å². The largest absolute Gasteiger partial charge is 0.394 e. The number of carbonyl (C=O) groups excluding carboxylic acids is 1. The van der Waals surface area contributed by atoms with E-state index in [2.05, 4.69) is 0 Å². The van der Waals surface area contributed by atoms with Gasteiger partial charge in [-0.2, -0.15) is 0 Å². The van der Waals surface area contributed by atoms with Crippen LogP contribution in [0.3, 0.4) is 0 Å². The number of hydrogen-bond donors (Lipinski definition) is 2. The Morgan fingerprint density at radius 1 is 1.38 bits per heavy atom. The molecule has 0 radical (unpaired) electrons. The van der Waals surface area contributed by atoms with Gasteiger partial charge in [-0.05, 0) is 24.6 Å². The molecular weight excluding hydrogens is 314 g/mol. The van der Waals surface area contributed by atoms with Crippen LogP contribution in [0.25, 0.3) is 0 Å². The molecule has 0 bridgehead atoms. The highest BCUT2D eigenvalue weighted by Gasteiger charge is 2.20. The minimum absolute atomic E-state index is 0.106. The van der Waals surface area contributed by atoms with E-state index in [0.29, 0.717) is 5.02 Å². The Balaban J connectivity index is 2.61. The van der Waals surface area contributed by atoms with E-state index in [-0.39, 0.29) is 23.5 Å². The second-order valence-corrected chi connectivity index (χ2v) is 6.76. The maximum absolute atomic E-state index is 12.1. The summed E-state index contributed by atoms with van der Waals surface area (Å²) in [4.78, 5) is 13.6. The van der Waals surface area contributed by atoms with Gasteiger partial charge in [0, 0.05) is 22.9 Å². The summed E-state index contributed by atoms with van der Waals surface area (Å²) in [5.74, 6) is -0.558. The molecule has 0 heterocycles. The first-order chi connectivity index (χ1) is 9.85. The second-order valence-electron chi connectivity index (χ2n) is 4.82. The lowest BCUT2D eigenvalue weighted by Crippen LogP contribution is -2.35. The minimum Gasteiger partial charge on any atom is -0.394 e. The highest BCUT2D eigenvalue weighted by molar-refractivity contribution is 7.85. The Kier molecular flexibility index (Phi) is 7.31. The molecule has 118 valence electrons. The topological polar surface area (TPSA) is 77.8 Å². The first-order valence-electron chi connectivity index (χ1n) is 6.50. The predicted molar refractivity (Wildman–Crippen MR) is 83.6 cm³/mol. The maximum Gasteiger partial charge on any atom is 0.235 e. The van der Waals surface area contributed by atoms with E-state index in [1.807, 2.05) is 19.1 Å². The van der Waals surface area contributed by atoms with Crippen LogP contribution >= 0.6 is 11.6 Å². The average Bonchev–Trinajstić information content (AvgIpc) is 2.46. The number of hydrogen-bond acceptors (Lipinski definition) is 4. The molecule has 21 heavy (non-hydrogen) atoms. The summed E-state index contributed by atoms with van der Waals surface area (Å²) in [6.45, 7) is 1.41. The normalized spacial score (nSPS) is 15.3. The van der Waals surface area contributed by atoms with Crippen molar-refractivity contribution in [1.29, 1.82) is 0 Å². The van der Waals surface area contributed by atoms with Crippen molar-refractivity contribution in [2.75, 3.05) is 25.2 Å². The van der Waals surface area contributed by atoms with Crippen LogP contribution in [0.4, 0.5) is 0 Å². The van der Waals surface area contributed by atoms with Gasteiger partial charge in [-0.3, -0.25) is 9.00 Å². The Morgan fingerprint density at radius 2 is 1.95 bits per heavy atom. The molecule has 7 heteroatoms. The molecule has 0 saturated carbocycles. The van der Waals surface area contributed by atoms with E-state index in [1.165, 1.54) is 4.90 Å². The fraction of sp³-hybridized carbons (Fsp3) is 0.500. The summed E-state index contributed by atoms with van der Waals surface area (Å²) in [6, 6.07) is 7.00. The summed E-state index contributed by atoms with van der Waals surface area (Å²) in [7, 11) is 0.141. The lowest BCUT2D eigenvalue weighted by atomic mass is 10.1. The summed E-state index contributed by atoms with van der Waals surface area (Å²) >= 11 is 5.82. The second kappa shape index (κ2) is 8.48. The smallest absolute Gasteiger partial charge is 0.235 e. The Labute approximate surface area is 132 Å². The van der Waals surface area contributed by atoms with Gasteiger partial charge in [0.25, 0.3) is 0 Å². The number of nitrogens with zero attached hydrogens (tertiary/aromatic N) is 1. The van der Waals surface area contributed by atoms with Crippen molar-refractivity contribution in [3.63, 3.8) is 0 Å². The van der Waals surface area contributed by atoms with Crippen molar-refractivity contribution in [3.8, 4) is 0 Å². The van der Waals surface area contributed by atoms with Gasteiger partial charge in [0.05, 0.1) is 24.5 Å². The number of halogens is 1. The van der Waals surface area contributed by atoms with Crippen LogP contribution in [0.5, 0.6) is 0 Å². The van der Waals surface area contributed by atoms with Gasteiger partial charge < -0.3 is 15.1 Å². The lowest BCUT2D eigenvalue weighted by Gasteiger charge is -2.25. The zero-order valence-electron chi connectivity index (χ0n) is 12.0. The third kappa shape index (κ3) is 5.74. The molecule has 5 nitrogen and oxygen atoms in total. The Bertz CT molecular complexity index is 494. The number of aliphatic hydroxyl groups excluding tert-OH is 2. The summed E-state index contributed by atoms with van der Waals surface area (Å²) in [5.41, 5.74) is 0.927. The average molecular weight is 334 g/mol. The molecule has 0 aromatic heterocycles. The molecule has 2 N–H and O–H groups in total. The molecule has 3 atom stereocenters. The number of benzene rings is 1. The molecule has 0 fully saturated rings. The molecule has 1 aromatic carbocycles. The van der Waals surface area contributed by atoms with E-state index < -0.39 is 23.5 Å². The highest BCUT2D eigenvalue weighted by atomic mass is 35.5. The van der Waals surface area contributed by atoms with E-state index in [0.717, 1.165) is 5.56 Å². The predicted octanol–water partition coefficient (Wildman–Crippen LogP) is 0.961. The van der Waals surface area contributed by atoms with Gasteiger partial charge in [0.15, 0.2) is 0 Å². The van der Waals surface area contributed by atoms with E-state index >= 15 is 0 Å². The number of aliphatic hydroxyl groups is 2. The Hall–Kier alpha value is -0.950. The third-order valence-electron chi connectivity index (χ3n) is 3.20. The molecule has 0 aliphatic rings. The van der Waals surface area contributed by atoms with Gasteiger partial charge in [-0.15, -0.1) is 0 Å². The molecule has 3 unspecified atom stereocenters. The minimum atomic E-state index is -1.50. The van der Waals surface area contributed by atoms with Crippen LogP contribution in [-0.4, -0.2) is 56.5 Å². The standard InChI is InChI=1S/C14H20ClNO4S/c1-10(11-3-5-12(15)6-4-11)16(2)14(19)9-21(20)8-13(18)7-17/h3-6,10,13,17-18H,7-9H2,1-2H3.